The van der Waals surface area contributed by atoms with E-state index in [-0.39, 0.29) is 30.9 Å². The molecule has 1 rings (SSSR count). The van der Waals surface area contributed by atoms with E-state index in [1.807, 2.05) is 13.0 Å². The van der Waals surface area contributed by atoms with Crippen molar-refractivity contribution in [2.75, 3.05) is 7.11 Å². The van der Waals surface area contributed by atoms with Crippen LogP contribution in [0.2, 0.25) is 0 Å². The number of hydrogen-bond donors (Lipinski definition) is 1. The van der Waals surface area contributed by atoms with Crippen molar-refractivity contribution in [3.05, 3.63) is 24.0 Å². The zero-order valence-electron chi connectivity index (χ0n) is 7.56. The van der Waals surface area contributed by atoms with E-state index in [0.29, 0.717) is 0 Å². The van der Waals surface area contributed by atoms with Crippen LogP contribution in [0.3, 0.4) is 0 Å². The topological polar surface area (TPSA) is 48.1 Å². The molecule has 0 aliphatic rings. The van der Waals surface area contributed by atoms with Crippen LogP contribution in [0.5, 0.6) is 5.75 Å². The summed E-state index contributed by atoms with van der Waals surface area (Å²) in [4.78, 5) is 4.08. The quantitative estimate of drug-likeness (QED) is 0.836. The summed E-state index contributed by atoms with van der Waals surface area (Å²) in [7, 11) is 1.63. The molecule has 1 aromatic rings. The predicted molar refractivity (Wildman–Crippen MR) is 57.9 cm³/mol. The van der Waals surface area contributed by atoms with E-state index >= 15 is 0 Å². The van der Waals surface area contributed by atoms with Crippen LogP contribution in [-0.4, -0.2) is 12.1 Å². The van der Waals surface area contributed by atoms with Crippen molar-refractivity contribution in [1.29, 1.82) is 0 Å². The molecule has 76 valence electrons. The lowest BCUT2D eigenvalue weighted by atomic mass is 10.2. The van der Waals surface area contributed by atoms with Gasteiger partial charge in [0.1, 0.15) is 5.75 Å². The molecule has 0 spiro atoms. The van der Waals surface area contributed by atoms with Crippen molar-refractivity contribution in [2.24, 2.45) is 5.73 Å². The highest BCUT2D eigenvalue weighted by Gasteiger charge is 2.00. The number of methoxy groups -OCH3 is 1. The van der Waals surface area contributed by atoms with Gasteiger partial charge in [-0.05, 0) is 13.0 Å². The molecule has 5 heteroatoms. The number of nitrogens with zero attached hydrogens (tertiary/aromatic N) is 1. The van der Waals surface area contributed by atoms with E-state index in [9.17, 15) is 0 Å². The Labute approximate surface area is 90.5 Å². The number of pyridine rings is 1. The third kappa shape index (κ3) is 4.31. The number of hydrogen-bond acceptors (Lipinski definition) is 3. The molecule has 0 bridgehead atoms. The van der Waals surface area contributed by atoms with E-state index in [1.54, 1.807) is 19.4 Å². The Morgan fingerprint density at radius 1 is 1.46 bits per heavy atom. The molecule has 0 aromatic carbocycles. The summed E-state index contributed by atoms with van der Waals surface area (Å²) in [5.74, 6) is 0.798. The Balaban J connectivity index is 0. The van der Waals surface area contributed by atoms with Gasteiger partial charge in [0.05, 0.1) is 12.8 Å². The van der Waals surface area contributed by atoms with Crippen LogP contribution < -0.4 is 10.5 Å². The van der Waals surface area contributed by atoms with Crippen LogP contribution in [-0.2, 0) is 0 Å². The Morgan fingerprint density at radius 2 is 2.08 bits per heavy atom. The number of aromatic nitrogens is 1. The molecule has 13 heavy (non-hydrogen) atoms. The second-order valence-corrected chi connectivity index (χ2v) is 2.41. The largest absolute Gasteiger partial charge is 0.497 e. The molecule has 0 fully saturated rings. The van der Waals surface area contributed by atoms with Gasteiger partial charge in [-0.1, -0.05) is 0 Å². The number of halogens is 2. The van der Waals surface area contributed by atoms with Gasteiger partial charge in [0.15, 0.2) is 0 Å². The van der Waals surface area contributed by atoms with Crippen molar-refractivity contribution in [3.63, 3.8) is 0 Å². The standard InChI is InChI=1S/C8H12N2O.2ClH/c1-6(9)8-5-7(11-2)3-4-10-8;;/h3-6H,9H2,1-2H3;2*1H/t6-;;/m1../s1. The molecule has 0 aliphatic carbocycles. The van der Waals surface area contributed by atoms with Crippen molar-refractivity contribution in [2.45, 2.75) is 13.0 Å². The molecule has 2 N–H and O–H groups in total. The highest BCUT2D eigenvalue weighted by atomic mass is 35.5. The molecule has 0 unspecified atom stereocenters. The molecule has 1 heterocycles. The van der Waals surface area contributed by atoms with Gasteiger partial charge in [0.2, 0.25) is 0 Å². The molecular weight excluding hydrogens is 211 g/mol. The summed E-state index contributed by atoms with van der Waals surface area (Å²) in [5, 5.41) is 0. The predicted octanol–water partition coefficient (Wildman–Crippen LogP) is 1.95. The lowest BCUT2D eigenvalue weighted by Gasteiger charge is -2.05. The molecular formula is C8H14Cl2N2O. The van der Waals surface area contributed by atoms with Crippen LogP contribution in [0.4, 0.5) is 0 Å². The summed E-state index contributed by atoms with van der Waals surface area (Å²) in [6.07, 6.45) is 1.69. The first kappa shape index (κ1) is 15.0. The average Bonchev–Trinajstić information content (AvgIpc) is 2.05. The number of ether oxygens (including phenoxy) is 1. The lowest BCUT2D eigenvalue weighted by Crippen LogP contribution is -2.06. The number of rotatable bonds is 2. The summed E-state index contributed by atoms with van der Waals surface area (Å²) < 4.78 is 5.01. The van der Waals surface area contributed by atoms with Crippen LogP contribution in [0.25, 0.3) is 0 Å². The fraction of sp³-hybridized carbons (Fsp3) is 0.375. The Hall–Kier alpha value is -0.510. The second kappa shape index (κ2) is 6.95. The first-order chi connectivity index (χ1) is 5.24. The van der Waals surface area contributed by atoms with Gasteiger partial charge < -0.3 is 10.5 Å². The van der Waals surface area contributed by atoms with Crippen molar-refractivity contribution in [3.8, 4) is 5.75 Å². The number of nitrogens with two attached hydrogens (primary N) is 1. The fourth-order valence-corrected chi connectivity index (χ4v) is 0.804. The Kier molecular flexibility index (Phi) is 8.01. The van der Waals surface area contributed by atoms with Gasteiger partial charge in [-0.25, -0.2) is 0 Å². The highest BCUT2D eigenvalue weighted by Crippen LogP contribution is 2.13. The zero-order chi connectivity index (χ0) is 8.27. The van der Waals surface area contributed by atoms with Crippen molar-refractivity contribution in [1.82, 2.24) is 4.98 Å². The molecule has 0 amide bonds. The maximum absolute atomic E-state index is 5.62. The average molecular weight is 225 g/mol. The van der Waals surface area contributed by atoms with Gasteiger partial charge in [-0.3, -0.25) is 4.98 Å². The monoisotopic (exact) mass is 224 g/mol. The summed E-state index contributed by atoms with van der Waals surface area (Å²) >= 11 is 0. The maximum atomic E-state index is 5.62. The normalized spacial score (nSPS) is 10.7. The molecule has 1 atom stereocenters. The smallest absolute Gasteiger partial charge is 0.122 e. The molecule has 0 radical (unpaired) electrons. The highest BCUT2D eigenvalue weighted by molar-refractivity contribution is 5.85. The van der Waals surface area contributed by atoms with E-state index in [1.165, 1.54) is 0 Å². The fourth-order valence-electron chi connectivity index (χ4n) is 0.804. The van der Waals surface area contributed by atoms with E-state index in [0.717, 1.165) is 11.4 Å². The minimum atomic E-state index is -0.0369. The summed E-state index contributed by atoms with van der Waals surface area (Å²) in [6.45, 7) is 1.89. The van der Waals surface area contributed by atoms with Gasteiger partial charge >= 0.3 is 0 Å². The third-order valence-corrected chi connectivity index (χ3v) is 1.45. The summed E-state index contributed by atoms with van der Waals surface area (Å²) in [5.41, 5.74) is 6.47. The SMILES string of the molecule is COc1ccnc([C@@H](C)N)c1.Cl.Cl. The third-order valence-electron chi connectivity index (χ3n) is 1.45. The minimum absolute atomic E-state index is 0. The molecule has 0 saturated heterocycles. The van der Waals surface area contributed by atoms with Gasteiger partial charge in [-0.2, -0.15) is 0 Å². The van der Waals surface area contributed by atoms with Crippen molar-refractivity contribution >= 4 is 24.8 Å². The zero-order valence-corrected chi connectivity index (χ0v) is 9.19. The second-order valence-electron chi connectivity index (χ2n) is 2.41. The first-order valence-corrected chi connectivity index (χ1v) is 3.49. The van der Waals surface area contributed by atoms with E-state index < -0.39 is 0 Å². The summed E-state index contributed by atoms with van der Waals surface area (Å²) in [6, 6.07) is 3.60. The van der Waals surface area contributed by atoms with Crippen LogP contribution in [0, 0.1) is 0 Å². The van der Waals surface area contributed by atoms with Crippen LogP contribution in [0.15, 0.2) is 18.3 Å². The minimum Gasteiger partial charge on any atom is -0.497 e. The van der Waals surface area contributed by atoms with Crippen LogP contribution in [0.1, 0.15) is 18.7 Å². The van der Waals surface area contributed by atoms with Crippen molar-refractivity contribution < 1.29 is 4.74 Å². The molecule has 3 nitrogen and oxygen atoms in total. The Bertz CT molecular complexity index is 243. The molecule has 1 aromatic heterocycles. The van der Waals surface area contributed by atoms with E-state index in [4.69, 9.17) is 10.5 Å². The molecule has 0 aliphatic heterocycles. The molecule has 0 saturated carbocycles. The van der Waals surface area contributed by atoms with Crippen LogP contribution >= 0.6 is 24.8 Å². The van der Waals surface area contributed by atoms with Gasteiger partial charge in [-0.15, -0.1) is 24.8 Å². The lowest BCUT2D eigenvalue weighted by molar-refractivity contribution is 0.413. The maximum Gasteiger partial charge on any atom is 0.122 e. The Morgan fingerprint density at radius 3 is 2.54 bits per heavy atom. The first-order valence-electron chi connectivity index (χ1n) is 3.49. The van der Waals surface area contributed by atoms with E-state index in [2.05, 4.69) is 4.98 Å². The van der Waals surface area contributed by atoms with Gasteiger partial charge in [0.25, 0.3) is 0 Å². The van der Waals surface area contributed by atoms with Gasteiger partial charge in [0, 0.05) is 18.3 Å².